The summed E-state index contributed by atoms with van der Waals surface area (Å²) in [5.41, 5.74) is -7.21. The predicted molar refractivity (Wildman–Crippen MR) is 105 cm³/mol. The molecule has 0 saturated heterocycles. The Kier molecular flexibility index (Phi) is 8.35. The first kappa shape index (κ1) is 26.5. The van der Waals surface area contributed by atoms with Gasteiger partial charge in [0.1, 0.15) is 16.9 Å². The third kappa shape index (κ3) is 8.27. The second-order valence-corrected chi connectivity index (χ2v) is 9.34. The monoisotopic (exact) mass is 469 g/mol. The van der Waals surface area contributed by atoms with Crippen LogP contribution in [0.3, 0.4) is 0 Å². The molecule has 0 heterocycles. The van der Waals surface area contributed by atoms with Gasteiger partial charge in [-0.1, -0.05) is 12.1 Å². The van der Waals surface area contributed by atoms with Crippen LogP contribution in [0.5, 0.6) is 5.75 Å². The average molecular weight is 469 g/mol. The second-order valence-electron chi connectivity index (χ2n) is 7.81. The van der Waals surface area contributed by atoms with E-state index in [1.54, 1.807) is 27.7 Å². The summed E-state index contributed by atoms with van der Waals surface area (Å²) in [6.45, 7) is 8.15. The molecule has 1 atom stereocenters. The predicted octanol–water partition coefficient (Wildman–Crippen LogP) is 3.69. The highest BCUT2D eigenvalue weighted by Gasteiger charge is 2.48. The first-order valence-electron chi connectivity index (χ1n) is 9.27. The molecule has 0 unspecified atom stereocenters. The van der Waals surface area contributed by atoms with Gasteiger partial charge in [0.2, 0.25) is 0 Å². The van der Waals surface area contributed by atoms with Gasteiger partial charge < -0.3 is 19.0 Å². The maximum Gasteiger partial charge on any atom is 0.534 e. The van der Waals surface area contributed by atoms with Crippen LogP contribution in [0, 0.1) is 0 Å². The summed E-state index contributed by atoms with van der Waals surface area (Å²) in [6, 6.07) is 4.81. The Morgan fingerprint density at radius 2 is 1.58 bits per heavy atom. The van der Waals surface area contributed by atoms with Gasteiger partial charge in [0.25, 0.3) is 0 Å². The molecule has 31 heavy (non-hydrogen) atoms. The highest BCUT2D eigenvalue weighted by Crippen LogP contribution is 2.27. The molecule has 8 nitrogen and oxygen atoms in total. The topological polar surface area (TPSA) is 108 Å². The van der Waals surface area contributed by atoms with Crippen molar-refractivity contribution < 1.29 is 44.8 Å². The summed E-state index contributed by atoms with van der Waals surface area (Å²) in [5.74, 6) is -1.20. The Balaban J connectivity index is 2.91. The molecule has 0 aromatic heterocycles. The molecule has 1 N–H and O–H groups in total. The van der Waals surface area contributed by atoms with Crippen molar-refractivity contribution in [2.45, 2.75) is 64.1 Å². The fourth-order valence-corrected chi connectivity index (χ4v) is 2.77. The molecule has 0 fully saturated rings. The minimum atomic E-state index is -5.77. The molecule has 0 saturated carbocycles. The molecular formula is C19H26F3NO7S. The molecule has 1 aromatic rings. The van der Waals surface area contributed by atoms with E-state index < -0.39 is 44.6 Å². The van der Waals surface area contributed by atoms with Crippen molar-refractivity contribution in [2.24, 2.45) is 0 Å². The van der Waals surface area contributed by atoms with Crippen molar-refractivity contribution in [1.29, 1.82) is 0 Å². The molecule has 1 aromatic carbocycles. The van der Waals surface area contributed by atoms with Gasteiger partial charge in [0.15, 0.2) is 0 Å². The fraction of sp³-hybridized carbons (Fsp3) is 0.579. The number of hydrogen-bond acceptors (Lipinski definition) is 7. The molecule has 176 valence electrons. The van der Waals surface area contributed by atoms with Crippen LogP contribution in [0.4, 0.5) is 18.0 Å². The quantitative estimate of drug-likeness (QED) is 0.351. The largest absolute Gasteiger partial charge is 0.534 e. The SMILES string of the molecule is CCOC(=O)[C@@](C)(CCc1ccc(OS(=O)(=O)C(F)(F)F)cc1)NC(=O)OC(C)(C)C. The van der Waals surface area contributed by atoms with E-state index in [4.69, 9.17) is 9.47 Å². The number of ether oxygens (including phenoxy) is 2. The summed E-state index contributed by atoms with van der Waals surface area (Å²) < 4.78 is 73.5. The number of rotatable bonds is 8. The van der Waals surface area contributed by atoms with Crippen LogP contribution < -0.4 is 9.50 Å². The minimum Gasteiger partial charge on any atom is -0.464 e. The number of carbonyl (C=O) groups is 2. The van der Waals surface area contributed by atoms with Crippen LogP contribution in [0.1, 0.15) is 46.6 Å². The summed E-state index contributed by atoms with van der Waals surface area (Å²) in [5, 5.41) is 2.50. The van der Waals surface area contributed by atoms with E-state index in [1.165, 1.54) is 19.1 Å². The number of aryl methyl sites for hydroxylation is 1. The van der Waals surface area contributed by atoms with Crippen LogP contribution in [0.25, 0.3) is 0 Å². The first-order chi connectivity index (χ1) is 14.0. The molecular weight excluding hydrogens is 443 g/mol. The summed E-state index contributed by atoms with van der Waals surface area (Å²) in [6.07, 6.45) is -0.534. The smallest absolute Gasteiger partial charge is 0.464 e. The van der Waals surface area contributed by atoms with Gasteiger partial charge in [-0.05, 0) is 65.2 Å². The standard InChI is InChI=1S/C19H26F3NO7S/c1-6-28-15(24)18(5,23-16(25)29-17(2,3)4)12-11-13-7-9-14(10-8-13)30-31(26,27)19(20,21)22/h7-10H,6,11-12H2,1-5H3,(H,23,25)/t18-/m1/s1. The van der Waals surface area contributed by atoms with Gasteiger partial charge in [-0.2, -0.15) is 21.6 Å². The highest BCUT2D eigenvalue weighted by atomic mass is 32.2. The number of amides is 1. The molecule has 0 spiro atoms. The maximum absolute atomic E-state index is 12.4. The van der Waals surface area contributed by atoms with Crippen molar-refractivity contribution in [3.8, 4) is 5.75 Å². The zero-order chi connectivity index (χ0) is 24.1. The number of nitrogens with one attached hydrogen (secondary N) is 1. The summed E-state index contributed by atoms with van der Waals surface area (Å²) in [7, 11) is -5.77. The zero-order valence-corrected chi connectivity index (χ0v) is 18.6. The molecule has 0 aliphatic rings. The van der Waals surface area contributed by atoms with Gasteiger partial charge in [-0.15, -0.1) is 0 Å². The number of halogens is 3. The van der Waals surface area contributed by atoms with E-state index in [0.717, 1.165) is 12.1 Å². The molecule has 1 rings (SSSR count). The maximum atomic E-state index is 12.4. The van der Waals surface area contributed by atoms with Crippen molar-refractivity contribution in [1.82, 2.24) is 5.32 Å². The molecule has 0 aliphatic heterocycles. The molecule has 0 bridgehead atoms. The molecule has 0 radical (unpaired) electrons. The van der Waals surface area contributed by atoms with E-state index in [1.807, 2.05) is 0 Å². The Labute approximate surface area is 179 Å². The van der Waals surface area contributed by atoms with Crippen LogP contribution in [0.15, 0.2) is 24.3 Å². The summed E-state index contributed by atoms with van der Waals surface area (Å²) in [4.78, 5) is 24.6. The average Bonchev–Trinajstić information content (AvgIpc) is 2.58. The summed E-state index contributed by atoms with van der Waals surface area (Å²) >= 11 is 0. The number of carbonyl (C=O) groups excluding carboxylic acids is 2. The van der Waals surface area contributed by atoms with Gasteiger partial charge in [-0.3, -0.25) is 0 Å². The lowest BCUT2D eigenvalue weighted by Crippen LogP contribution is -2.54. The normalized spacial score (nSPS) is 14.3. The van der Waals surface area contributed by atoms with Crippen LogP contribution in [-0.4, -0.2) is 43.7 Å². The van der Waals surface area contributed by atoms with Gasteiger partial charge in [0, 0.05) is 0 Å². The number of alkyl halides is 3. The third-order valence-corrected chi connectivity index (χ3v) is 4.81. The molecule has 1 amide bonds. The van der Waals surface area contributed by atoms with Crippen LogP contribution in [-0.2, 0) is 30.8 Å². The minimum absolute atomic E-state index is 0.0755. The van der Waals surface area contributed by atoms with Crippen molar-refractivity contribution in [3.63, 3.8) is 0 Å². The van der Waals surface area contributed by atoms with Crippen LogP contribution >= 0.6 is 0 Å². The van der Waals surface area contributed by atoms with E-state index in [2.05, 4.69) is 9.50 Å². The van der Waals surface area contributed by atoms with Gasteiger partial charge in [0.05, 0.1) is 6.61 Å². The van der Waals surface area contributed by atoms with Crippen molar-refractivity contribution >= 4 is 22.2 Å². The van der Waals surface area contributed by atoms with E-state index in [-0.39, 0.29) is 19.4 Å². The van der Waals surface area contributed by atoms with Crippen molar-refractivity contribution in [3.05, 3.63) is 29.8 Å². The third-order valence-electron chi connectivity index (χ3n) is 3.83. The fourth-order valence-electron chi connectivity index (χ4n) is 2.31. The number of hydrogen-bond donors (Lipinski definition) is 1. The first-order valence-corrected chi connectivity index (χ1v) is 10.7. The van der Waals surface area contributed by atoms with Gasteiger partial charge in [-0.25, -0.2) is 9.59 Å². The number of alkyl carbamates (subject to hydrolysis) is 1. The number of benzene rings is 1. The second kappa shape index (κ2) is 9.75. The lowest BCUT2D eigenvalue weighted by molar-refractivity contribution is -0.150. The van der Waals surface area contributed by atoms with E-state index >= 15 is 0 Å². The van der Waals surface area contributed by atoms with E-state index in [0.29, 0.717) is 5.56 Å². The number of esters is 1. The Morgan fingerprint density at radius 3 is 2.03 bits per heavy atom. The highest BCUT2D eigenvalue weighted by molar-refractivity contribution is 7.88. The zero-order valence-electron chi connectivity index (χ0n) is 17.8. The lowest BCUT2D eigenvalue weighted by Gasteiger charge is -2.30. The van der Waals surface area contributed by atoms with Crippen LogP contribution in [0.2, 0.25) is 0 Å². The van der Waals surface area contributed by atoms with Gasteiger partial charge >= 0.3 is 27.7 Å². The van der Waals surface area contributed by atoms with E-state index in [9.17, 15) is 31.2 Å². The molecule has 0 aliphatic carbocycles. The lowest BCUT2D eigenvalue weighted by atomic mass is 9.93. The Hall–Kier alpha value is -2.50. The Bertz CT molecular complexity index is 877. The molecule has 12 heteroatoms. The van der Waals surface area contributed by atoms with Crippen molar-refractivity contribution in [2.75, 3.05) is 6.61 Å². The Morgan fingerprint density at radius 1 is 1.03 bits per heavy atom.